The van der Waals surface area contributed by atoms with Gasteiger partial charge in [-0.05, 0) is 62.6 Å². The number of amides is 4. The highest BCUT2D eigenvalue weighted by atomic mass is 16.4. The maximum Gasteiger partial charge on any atom is 0.326 e. The van der Waals surface area contributed by atoms with Crippen molar-refractivity contribution in [3.05, 3.63) is 29.8 Å². The number of carbonyl (C=O) groups is 7. The molecular formula is C29H39N5O11. The molecule has 0 aromatic heterocycles. The molecule has 2 saturated heterocycles. The lowest BCUT2D eigenvalue weighted by Crippen LogP contribution is -2.58. The average Bonchev–Trinajstić information content (AvgIpc) is 3.68. The first kappa shape index (κ1) is 34.8. The monoisotopic (exact) mass is 633 g/mol. The summed E-state index contributed by atoms with van der Waals surface area (Å²) < 4.78 is 0. The van der Waals surface area contributed by atoms with Crippen LogP contribution in [0.25, 0.3) is 0 Å². The van der Waals surface area contributed by atoms with Crippen molar-refractivity contribution in [2.75, 3.05) is 13.1 Å². The van der Waals surface area contributed by atoms with Gasteiger partial charge < -0.3 is 46.6 Å². The van der Waals surface area contributed by atoms with Crippen LogP contribution in [0.1, 0.15) is 56.9 Å². The molecule has 16 nitrogen and oxygen atoms in total. The van der Waals surface area contributed by atoms with Gasteiger partial charge in [0.2, 0.25) is 23.6 Å². The number of phenols is 1. The fourth-order valence-electron chi connectivity index (χ4n) is 5.56. The lowest BCUT2D eigenvalue weighted by molar-refractivity contribution is -0.149. The SMILES string of the molecule is N[C@@H](Cc1ccc(O)cc1)C(=O)N[C@@H](CCC(=O)O)C(=O)N1CCC[C@H]1C(=O)N1CCC[C@H]1C(=O)N[C@@H](CCC(=O)O)C(=O)O. The number of aliphatic carboxylic acids is 3. The summed E-state index contributed by atoms with van der Waals surface area (Å²) in [6.45, 7) is 0.322. The maximum absolute atomic E-state index is 13.7. The normalized spacial score (nSPS) is 19.8. The largest absolute Gasteiger partial charge is 0.508 e. The lowest BCUT2D eigenvalue weighted by Gasteiger charge is -2.33. The topological polar surface area (TPSA) is 257 Å². The summed E-state index contributed by atoms with van der Waals surface area (Å²) in [6, 6.07) is 0.153. The van der Waals surface area contributed by atoms with Crippen molar-refractivity contribution in [1.29, 1.82) is 0 Å². The molecule has 8 N–H and O–H groups in total. The molecule has 16 heteroatoms. The van der Waals surface area contributed by atoms with E-state index in [0.29, 0.717) is 18.4 Å². The van der Waals surface area contributed by atoms with E-state index in [4.69, 9.17) is 10.8 Å². The number of hydrogen-bond acceptors (Lipinski definition) is 9. The molecule has 246 valence electrons. The molecule has 45 heavy (non-hydrogen) atoms. The Kier molecular flexibility index (Phi) is 12.2. The summed E-state index contributed by atoms with van der Waals surface area (Å²) >= 11 is 0. The van der Waals surface area contributed by atoms with Crippen molar-refractivity contribution in [2.45, 2.75) is 88.0 Å². The Morgan fingerprint density at radius 3 is 1.93 bits per heavy atom. The quantitative estimate of drug-likeness (QED) is 0.123. The number of carboxylic acid groups (broad SMARTS) is 3. The lowest BCUT2D eigenvalue weighted by atomic mass is 10.0. The highest BCUT2D eigenvalue weighted by molar-refractivity contribution is 5.96. The number of likely N-dealkylation sites (tertiary alicyclic amines) is 2. The van der Waals surface area contributed by atoms with E-state index in [0.717, 1.165) is 0 Å². The Morgan fingerprint density at radius 1 is 0.800 bits per heavy atom. The number of phenolic OH excluding ortho intramolecular Hbond substituents is 1. The zero-order valence-corrected chi connectivity index (χ0v) is 24.6. The van der Waals surface area contributed by atoms with Gasteiger partial charge in [0, 0.05) is 25.9 Å². The molecule has 4 amide bonds. The van der Waals surface area contributed by atoms with Crippen LogP contribution in [0.2, 0.25) is 0 Å². The summed E-state index contributed by atoms with van der Waals surface area (Å²) in [4.78, 5) is 89.7. The predicted octanol–water partition coefficient (Wildman–Crippen LogP) is -0.972. The van der Waals surface area contributed by atoms with E-state index in [2.05, 4.69) is 10.6 Å². The zero-order chi connectivity index (χ0) is 33.3. The highest BCUT2D eigenvalue weighted by Crippen LogP contribution is 2.26. The van der Waals surface area contributed by atoms with Crippen LogP contribution in [0.4, 0.5) is 0 Å². The van der Waals surface area contributed by atoms with Crippen molar-refractivity contribution in [2.24, 2.45) is 5.73 Å². The van der Waals surface area contributed by atoms with E-state index >= 15 is 0 Å². The number of rotatable bonds is 15. The second kappa shape index (κ2) is 15.8. The highest BCUT2D eigenvalue weighted by Gasteiger charge is 2.44. The summed E-state index contributed by atoms with van der Waals surface area (Å²) in [5, 5.41) is 41.9. The fourth-order valence-corrected chi connectivity index (χ4v) is 5.56. The van der Waals surface area contributed by atoms with E-state index < -0.39 is 84.6 Å². The van der Waals surface area contributed by atoms with E-state index in [1.165, 1.54) is 21.9 Å². The number of nitrogens with one attached hydrogen (secondary N) is 2. The van der Waals surface area contributed by atoms with Crippen molar-refractivity contribution in [3.8, 4) is 5.75 Å². The standard InChI is InChI=1S/C29H39N5O11/c30-18(15-16-5-7-17(35)8-6-16)25(40)31-19(9-11-23(36)37)27(42)34-14-2-4-22(34)28(43)33-13-1-3-21(33)26(41)32-20(29(44)45)10-12-24(38)39/h5-8,18-22,35H,1-4,9-15,30H2,(H,31,40)(H,32,41)(H,36,37)(H,38,39)(H,44,45)/t18-,19-,20-,21-,22-/m0/s1. The zero-order valence-electron chi connectivity index (χ0n) is 24.6. The molecule has 0 spiro atoms. The Labute approximate surface area is 258 Å². The van der Waals surface area contributed by atoms with Crippen molar-refractivity contribution in [3.63, 3.8) is 0 Å². The molecule has 2 aliphatic heterocycles. The molecule has 1 aromatic carbocycles. The third kappa shape index (κ3) is 9.63. The molecule has 0 saturated carbocycles. The Hall–Kier alpha value is -4.73. The number of nitrogens with two attached hydrogens (primary N) is 1. The van der Waals surface area contributed by atoms with Gasteiger partial charge in [-0.1, -0.05) is 12.1 Å². The van der Waals surface area contributed by atoms with Gasteiger partial charge in [0.05, 0.1) is 6.04 Å². The third-order valence-electron chi connectivity index (χ3n) is 7.91. The number of hydrogen-bond donors (Lipinski definition) is 7. The Balaban J connectivity index is 1.71. The summed E-state index contributed by atoms with van der Waals surface area (Å²) in [6.07, 6.45) is -0.0897. The van der Waals surface area contributed by atoms with E-state index in [-0.39, 0.29) is 50.9 Å². The molecule has 0 aliphatic carbocycles. The van der Waals surface area contributed by atoms with Crippen LogP contribution in [0.5, 0.6) is 5.75 Å². The molecule has 3 rings (SSSR count). The first-order valence-electron chi connectivity index (χ1n) is 14.7. The molecule has 0 bridgehead atoms. The van der Waals surface area contributed by atoms with Crippen LogP contribution in [0.3, 0.4) is 0 Å². The van der Waals surface area contributed by atoms with Crippen LogP contribution in [0, 0.1) is 0 Å². The van der Waals surface area contributed by atoms with E-state index in [9.17, 15) is 48.9 Å². The molecule has 0 radical (unpaired) electrons. The third-order valence-corrected chi connectivity index (χ3v) is 7.91. The number of carboxylic acids is 3. The second-order valence-corrected chi connectivity index (χ2v) is 11.2. The average molecular weight is 634 g/mol. The van der Waals surface area contributed by atoms with Crippen LogP contribution in [-0.2, 0) is 40.0 Å². The molecule has 2 fully saturated rings. The summed E-state index contributed by atoms with van der Waals surface area (Å²) in [5.74, 6) is -6.46. The van der Waals surface area contributed by atoms with Gasteiger partial charge in [0.1, 0.15) is 29.9 Å². The van der Waals surface area contributed by atoms with E-state index in [1.54, 1.807) is 12.1 Å². The van der Waals surface area contributed by atoms with Gasteiger partial charge in [0.15, 0.2) is 0 Å². The van der Waals surface area contributed by atoms with Gasteiger partial charge in [-0.2, -0.15) is 0 Å². The maximum atomic E-state index is 13.7. The molecular weight excluding hydrogens is 594 g/mol. The van der Waals surface area contributed by atoms with E-state index in [1.807, 2.05) is 0 Å². The Bertz CT molecular complexity index is 1290. The first-order valence-corrected chi connectivity index (χ1v) is 14.7. The summed E-state index contributed by atoms with van der Waals surface area (Å²) in [5.41, 5.74) is 6.70. The fraction of sp³-hybridized carbons (Fsp3) is 0.552. The molecule has 5 atom stereocenters. The van der Waals surface area contributed by atoms with Gasteiger partial charge in [-0.3, -0.25) is 28.8 Å². The van der Waals surface area contributed by atoms with Gasteiger partial charge in [0.25, 0.3) is 0 Å². The van der Waals surface area contributed by atoms with Crippen LogP contribution in [0.15, 0.2) is 24.3 Å². The van der Waals surface area contributed by atoms with Crippen LogP contribution in [-0.4, -0.2) is 115 Å². The molecule has 0 unspecified atom stereocenters. The van der Waals surface area contributed by atoms with Crippen molar-refractivity contribution in [1.82, 2.24) is 20.4 Å². The van der Waals surface area contributed by atoms with Crippen molar-refractivity contribution >= 4 is 41.5 Å². The van der Waals surface area contributed by atoms with Gasteiger partial charge in [-0.15, -0.1) is 0 Å². The van der Waals surface area contributed by atoms with Crippen molar-refractivity contribution < 1.29 is 54.0 Å². The Morgan fingerprint density at radius 2 is 1.36 bits per heavy atom. The number of carbonyl (C=O) groups excluding carboxylic acids is 4. The minimum atomic E-state index is -1.46. The van der Waals surface area contributed by atoms with Gasteiger partial charge >= 0.3 is 17.9 Å². The summed E-state index contributed by atoms with van der Waals surface area (Å²) in [7, 11) is 0. The molecule has 2 aliphatic rings. The van der Waals surface area contributed by atoms with Crippen LogP contribution >= 0.6 is 0 Å². The molecule has 1 aromatic rings. The predicted molar refractivity (Wildman–Crippen MR) is 154 cm³/mol. The van der Waals surface area contributed by atoms with Gasteiger partial charge in [-0.25, -0.2) is 4.79 Å². The first-order chi connectivity index (χ1) is 21.3. The van der Waals surface area contributed by atoms with Crippen LogP contribution < -0.4 is 16.4 Å². The smallest absolute Gasteiger partial charge is 0.326 e. The number of benzene rings is 1. The number of aromatic hydroxyl groups is 1. The minimum Gasteiger partial charge on any atom is -0.508 e. The molecule has 2 heterocycles. The second-order valence-electron chi connectivity index (χ2n) is 11.2. The number of nitrogens with zero attached hydrogens (tertiary/aromatic N) is 2. The minimum absolute atomic E-state index is 0.0342.